The summed E-state index contributed by atoms with van der Waals surface area (Å²) < 4.78 is 5.92. The summed E-state index contributed by atoms with van der Waals surface area (Å²) in [5.41, 5.74) is 3.78. The van der Waals surface area contributed by atoms with Gasteiger partial charge in [-0.3, -0.25) is 9.59 Å². The van der Waals surface area contributed by atoms with Crippen LogP contribution in [0.2, 0.25) is 10.0 Å². The van der Waals surface area contributed by atoms with Crippen LogP contribution in [-0.2, 0) is 22.6 Å². The third-order valence-electron chi connectivity index (χ3n) is 7.45. The molecule has 1 aliphatic carbocycles. The molecule has 7 heteroatoms. The fraction of sp³-hybridized carbons (Fsp3) is 0.375. The number of aryl methyl sites for hydroxylation is 2. The summed E-state index contributed by atoms with van der Waals surface area (Å²) >= 11 is 13.1. The molecule has 1 saturated carbocycles. The predicted octanol–water partition coefficient (Wildman–Crippen LogP) is 7.08. The van der Waals surface area contributed by atoms with Crippen molar-refractivity contribution in [2.75, 3.05) is 6.61 Å². The number of amides is 2. The van der Waals surface area contributed by atoms with E-state index in [1.165, 1.54) is 6.42 Å². The first kappa shape index (κ1) is 29.0. The number of nitrogens with zero attached hydrogens (tertiary/aromatic N) is 1. The van der Waals surface area contributed by atoms with Crippen LogP contribution in [0.5, 0.6) is 5.75 Å². The molecule has 2 amide bonds. The van der Waals surface area contributed by atoms with Crippen LogP contribution in [0.3, 0.4) is 0 Å². The van der Waals surface area contributed by atoms with Crippen molar-refractivity contribution in [3.8, 4) is 5.75 Å². The molecule has 0 spiro atoms. The quantitative estimate of drug-likeness (QED) is 0.285. The van der Waals surface area contributed by atoms with E-state index in [0.717, 1.165) is 42.4 Å². The van der Waals surface area contributed by atoms with Crippen molar-refractivity contribution in [3.05, 3.63) is 99.0 Å². The number of carbonyl (C=O) groups is 2. The predicted molar refractivity (Wildman–Crippen MR) is 157 cm³/mol. The number of ether oxygens (including phenoxy) is 1. The summed E-state index contributed by atoms with van der Waals surface area (Å²) in [7, 11) is 0. The molecule has 0 aliphatic heterocycles. The molecule has 0 radical (unpaired) electrons. The Morgan fingerprint density at radius 3 is 2.28 bits per heavy atom. The number of hydrogen-bond donors (Lipinski definition) is 1. The van der Waals surface area contributed by atoms with Gasteiger partial charge >= 0.3 is 0 Å². The third-order valence-corrected chi connectivity index (χ3v) is 8.16. The van der Waals surface area contributed by atoms with Gasteiger partial charge in [-0.1, -0.05) is 84.9 Å². The van der Waals surface area contributed by atoms with Gasteiger partial charge in [0.1, 0.15) is 11.8 Å². The first-order valence-electron chi connectivity index (χ1n) is 13.6. The summed E-state index contributed by atoms with van der Waals surface area (Å²) in [4.78, 5) is 29.3. The number of benzene rings is 3. The highest BCUT2D eigenvalue weighted by atomic mass is 35.5. The molecule has 0 saturated heterocycles. The monoisotopic (exact) mass is 566 g/mol. The van der Waals surface area contributed by atoms with Crippen LogP contribution in [0.4, 0.5) is 0 Å². The SMILES string of the molecule is Cc1ccc(OCC(=O)N(Cc2c(Cl)cccc2Cl)[C@@H](Cc2ccccc2)C(=O)NC2CCCCC2)cc1C. The van der Waals surface area contributed by atoms with Crippen LogP contribution in [0.15, 0.2) is 66.7 Å². The van der Waals surface area contributed by atoms with Crippen LogP contribution in [0.25, 0.3) is 0 Å². The maximum absolute atomic E-state index is 13.9. The largest absolute Gasteiger partial charge is 0.484 e. The van der Waals surface area contributed by atoms with Crippen molar-refractivity contribution in [2.45, 2.75) is 71.0 Å². The highest BCUT2D eigenvalue weighted by molar-refractivity contribution is 6.36. The molecule has 0 heterocycles. The van der Waals surface area contributed by atoms with Crippen molar-refractivity contribution < 1.29 is 14.3 Å². The van der Waals surface area contributed by atoms with E-state index in [-0.39, 0.29) is 31.0 Å². The van der Waals surface area contributed by atoms with Crippen LogP contribution >= 0.6 is 23.2 Å². The fourth-order valence-electron chi connectivity index (χ4n) is 4.98. The fourth-order valence-corrected chi connectivity index (χ4v) is 5.50. The first-order chi connectivity index (χ1) is 18.8. The molecule has 1 aliphatic rings. The lowest BCUT2D eigenvalue weighted by Gasteiger charge is -2.33. The molecule has 3 aromatic rings. The van der Waals surface area contributed by atoms with Crippen molar-refractivity contribution in [3.63, 3.8) is 0 Å². The molecule has 0 bridgehead atoms. The lowest BCUT2D eigenvalue weighted by atomic mass is 9.94. The topological polar surface area (TPSA) is 58.6 Å². The number of rotatable bonds is 10. The van der Waals surface area contributed by atoms with Crippen molar-refractivity contribution in [2.24, 2.45) is 0 Å². The van der Waals surface area contributed by atoms with Gasteiger partial charge in [-0.2, -0.15) is 0 Å². The number of nitrogens with one attached hydrogen (secondary N) is 1. The van der Waals surface area contributed by atoms with Gasteiger partial charge in [0.2, 0.25) is 5.91 Å². The minimum absolute atomic E-state index is 0.0865. The molecule has 3 aromatic carbocycles. The average Bonchev–Trinajstić information content (AvgIpc) is 2.93. The molecule has 4 rings (SSSR count). The van der Waals surface area contributed by atoms with E-state index in [1.807, 2.05) is 62.4 Å². The molecule has 39 heavy (non-hydrogen) atoms. The molecule has 0 aromatic heterocycles. The van der Waals surface area contributed by atoms with E-state index < -0.39 is 6.04 Å². The Hall–Kier alpha value is -3.02. The van der Waals surface area contributed by atoms with Gasteiger partial charge in [0.25, 0.3) is 5.91 Å². The van der Waals surface area contributed by atoms with Gasteiger partial charge < -0.3 is 15.0 Å². The summed E-state index contributed by atoms with van der Waals surface area (Å²) in [6.45, 7) is 3.90. The third kappa shape index (κ3) is 8.00. The summed E-state index contributed by atoms with van der Waals surface area (Å²) in [6, 6.07) is 20.1. The Morgan fingerprint density at radius 1 is 0.923 bits per heavy atom. The second kappa shape index (κ2) is 13.9. The average molecular weight is 568 g/mol. The van der Waals surface area contributed by atoms with E-state index in [1.54, 1.807) is 23.1 Å². The minimum Gasteiger partial charge on any atom is -0.484 e. The lowest BCUT2D eigenvalue weighted by molar-refractivity contribution is -0.143. The van der Waals surface area contributed by atoms with E-state index >= 15 is 0 Å². The zero-order chi connectivity index (χ0) is 27.8. The molecular formula is C32H36Cl2N2O3. The van der Waals surface area contributed by atoms with Gasteiger partial charge in [0.05, 0.1) is 0 Å². The zero-order valence-corrected chi connectivity index (χ0v) is 24.1. The Kier molecular flexibility index (Phi) is 10.3. The van der Waals surface area contributed by atoms with Gasteiger partial charge in [-0.25, -0.2) is 0 Å². The number of hydrogen-bond acceptors (Lipinski definition) is 3. The lowest BCUT2D eigenvalue weighted by Crippen LogP contribution is -2.53. The van der Waals surface area contributed by atoms with Crippen LogP contribution in [-0.4, -0.2) is 35.4 Å². The Balaban J connectivity index is 1.65. The highest BCUT2D eigenvalue weighted by Gasteiger charge is 2.33. The van der Waals surface area contributed by atoms with Crippen molar-refractivity contribution in [1.29, 1.82) is 0 Å². The zero-order valence-electron chi connectivity index (χ0n) is 22.6. The normalized spacial score (nSPS) is 14.5. The van der Waals surface area contributed by atoms with Crippen LogP contribution < -0.4 is 10.1 Å². The van der Waals surface area contributed by atoms with E-state index in [4.69, 9.17) is 27.9 Å². The summed E-state index contributed by atoms with van der Waals surface area (Å²) in [5, 5.41) is 4.13. The molecule has 206 valence electrons. The van der Waals surface area contributed by atoms with E-state index in [9.17, 15) is 9.59 Å². The Bertz CT molecular complexity index is 1260. The molecule has 1 fully saturated rings. The maximum Gasteiger partial charge on any atom is 0.261 e. The van der Waals surface area contributed by atoms with Gasteiger partial charge in [0.15, 0.2) is 6.61 Å². The van der Waals surface area contributed by atoms with E-state index in [2.05, 4.69) is 5.32 Å². The first-order valence-corrected chi connectivity index (χ1v) is 14.3. The van der Waals surface area contributed by atoms with Gasteiger partial charge in [0, 0.05) is 34.6 Å². The second-order valence-corrected chi connectivity index (χ2v) is 11.1. The van der Waals surface area contributed by atoms with Crippen LogP contribution in [0, 0.1) is 13.8 Å². The molecule has 1 atom stereocenters. The highest BCUT2D eigenvalue weighted by Crippen LogP contribution is 2.28. The number of carbonyl (C=O) groups excluding carboxylic acids is 2. The van der Waals surface area contributed by atoms with Crippen molar-refractivity contribution in [1.82, 2.24) is 10.2 Å². The standard InChI is InChI=1S/C32H36Cl2N2O3/c1-22-16-17-26(18-23(22)2)39-21-31(37)36(20-27-28(33)14-9-15-29(27)34)30(19-24-10-5-3-6-11-24)32(38)35-25-12-7-4-8-13-25/h3,5-6,9-11,14-18,25,30H,4,7-8,12-13,19-21H2,1-2H3,(H,35,38)/t30-/m0/s1. The summed E-state index contributed by atoms with van der Waals surface area (Å²) in [5.74, 6) is 0.117. The molecule has 1 N–H and O–H groups in total. The summed E-state index contributed by atoms with van der Waals surface area (Å²) in [6.07, 6.45) is 5.63. The van der Waals surface area contributed by atoms with Crippen LogP contribution in [0.1, 0.15) is 54.4 Å². The maximum atomic E-state index is 13.9. The smallest absolute Gasteiger partial charge is 0.261 e. The van der Waals surface area contributed by atoms with Crippen molar-refractivity contribution >= 4 is 35.0 Å². The molecule has 0 unspecified atom stereocenters. The second-order valence-electron chi connectivity index (χ2n) is 10.3. The number of halogens is 2. The molecular weight excluding hydrogens is 531 g/mol. The Labute approximate surface area is 241 Å². The minimum atomic E-state index is -0.766. The van der Waals surface area contributed by atoms with Gasteiger partial charge in [-0.05, 0) is 67.6 Å². The Morgan fingerprint density at radius 2 is 1.62 bits per heavy atom. The molecule has 5 nitrogen and oxygen atoms in total. The van der Waals surface area contributed by atoms with E-state index in [0.29, 0.717) is 27.8 Å². The van der Waals surface area contributed by atoms with Gasteiger partial charge in [-0.15, -0.1) is 0 Å².